The molecule has 5 nitrogen and oxygen atoms in total. The summed E-state index contributed by atoms with van der Waals surface area (Å²) in [7, 11) is 1.54. The van der Waals surface area contributed by atoms with Crippen LogP contribution < -0.4 is 5.73 Å². The minimum Gasteiger partial charge on any atom is -0.383 e. The summed E-state index contributed by atoms with van der Waals surface area (Å²) < 4.78 is 4.80. The number of likely N-dealkylation sites (tertiary alicyclic amines) is 1. The third kappa shape index (κ3) is 1.08. The predicted molar refractivity (Wildman–Crippen MR) is 43.6 cm³/mol. The molecule has 0 spiro atoms. The average molecular weight is 184 g/mol. The Balaban J connectivity index is 2.00. The fourth-order valence-corrected chi connectivity index (χ4v) is 1.84. The van der Waals surface area contributed by atoms with Crippen LogP contribution in [-0.2, 0) is 14.3 Å². The van der Waals surface area contributed by atoms with E-state index in [2.05, 4.69) is 0 Å². The third-order valence-corrected chi connectivity index (χ3v) is 2.70. The summed E-state index contributed by atoms with van der Waals surface area (Å²) in [5, 5.41) is 0. The van der Waals surface area contributed by atoms with Crippen LogP contribution in [0.1, 0.15) is 0 Å². The number of piperidine rings is 1. The van der Waals surface area contributed by atoms with Crippen molar-refractivity contribution in [3.63, 3.8) is 0 Å². The van der Waals surface area contributed by atoms with Crippen molar-refractivity contribution in [2.45, 2.75) is 6.04 Å². The van der Waals surface area contributed by atoms with Crippen molar-refractivity contribution >= 4 is 11.8 Å². The molecule has 1 heterocycles. The van der Waals surface area contributed by atoms with Crippen LogP contribution >= 0.6 is 0 Å². The molecule has 0 aromatic heterocycles. The van der Waals surface area contributed by atoms with Crippen molar-refractivity contribution in [3.8, 4) is 0 Å². The SMILES string of the molecule is COCCN1C(=O)C2C(N)C2C1=O. The summed E-state index contributed by atoms with van der Waals surface area (Å²) in [5.74, 6) is -0.715. The van der Waals surface area contributed by atoms with Crippen LogP contribution in [0.4, 0.5) is 0 Å². The number of hydrogen-bond acceptors (Lipinski definition) is 4. The molecule has 1 aliphatic heterocycles. The largest absolute Gasteiger partial charge is 0.383 e. The fraction of sp³-hybridized carbons (Fsp3) is 0.750. The van der Waals surface area contributed by atoms with Gasteiger partial charge in [-0.2, -0.15) is 0 Å². The lowest BCUT2D eigenvalue weighted by molar-refractivity contribution is -0.142. The molecule has 0 bridgehead atoms. The molecular weight excluding hydrogens is 172 g/mol. The topological polar surface area (TPSA) is 72.6 Å². The summed E-state index contributed by atoms with van der Waals surface area (Å²) in [5.41, 5.74) is 5.54. The van der Waals surface area contributed by atoms with Crippen molar-refractivity contribution < 1.29 is 14.3 Å². The molecule has 2 atom stereocenters. The molecule has 0 radical (unpaired) electrons. The number of carbonyl (C=O) groups excluding carboxylic acids is 2. The van der Waals surface area contributed by atoms with E-state index < -0.39 is 0 Å². The van der Waals surface area contributed by atoms with Gasteiger partial charge in [-0.3, -0.25) is 14.5 Å². The molecule has 1 saturated heterocycles. The molecule has 2 fully saturated rings. The number of hydrogen-bond donors (Lipinski definition) is 1. The summed E-state index contributed by atoms with van der Waals surface area (Å²) in [6, 6.07) is -0.223. The number of fused-ring (bicyclic) bond motifs is 1. The maximum absolute atomic E-state index is 11.4. The van der Waals surface area contributed by atoms with E-state index in [0.717, 1.165) is 0 Å². The third-order valence-electron chi connectivity index (χ3n) is 2.70. The van der Waals surface area contributed by atoms with Gasteiger partial charge < -0.3 is 10.5 Å². The number of imide groups is 1. The second-order valence-electron chi connectivity index (χ2n) is 3.45. The molecule has 2 aliphatic rings. The number of rotatable bonds is 3. The van der Waals surface area contributed by atoms with Crippen LogP contribution in [0.3, 0.4) is 0 Å². The van der Waals surface area contributed by atoms with Gasteiger partial charge in [0.2, 0.25) is 11.8 Å². The van der Waals surface area contributed by atoms with Crippen molar-refractivity contribution in [3.05, 3.63) is 0 Å². The Bertz CT molecular complexity index is 244. The summed E-state index contributed by atoms with van der Waals surface area (Å²) in [6.07, 6.45) is 0. The molecule has 13 heavy (non-hydrogen) atoms. The molecule has 0 aromatic carbocycles. The zero-order chi connectivity index (χ0) is 9.59. The lowest BCUT2D eigenvalue weighted by Crippen LogP contribution is -2.39. The van der Waals surface area contributed by atoms with Gasteiger partial charge in [-0.1, -0.05) is 0 Å². The molecule has 2 unspecified atom stereocenters. The van der Waals surface area contributed by atoms with Gasteiger partial charge in [-0.15, -0.1) is 0 Å². The zero-order valence-corrected chi connectivity index (χ0v) is 7.40. The number of nitrogens with zero attached hydrogens (tertiary/aromatic N) is 1. The average Bonchev–Trinajstić information content (AvgIpc) is 2.69. The Hall–Kier alpha value is -0.940. The molecule has 5 heteroatoms. The Kier molecular flexibility index (Phi) is 1.85. The van der Waals surface area contributed by atoms with E-state index in [0.29, 0.717) is 13.2 Å². The Morgan fingerprint density at radius 1 is 1.38 bits per heavy atom. The van der Waals surface area contributed by atoms with Crippen LogP contribution in [0.2, 0.25) is 0 Å². The first-order valence-corrected chi connectivity index (χ1v) is 4.28. The maximum Gasteiger partial charge on any atom is 0.234 e. The van der Waals surface area contributed by atoms with Gasteiger partial charge in [0.1, 0.15) is 0 Å². The first-order valence-electron chi connectivity index (χ1n) is 4.28. The van der Waals surface area contributed by atoms with Gasteiger partial charge in [-0.25, -0.2) is 0 Å². The molecule has 1 aliphatic carbocycles. The number of amides is 2. The van der Waals surface area contributed by atoms with E-state index in [4.69, 9.17) is 10.5 Å². The van der Waals surface area contributed by atoms with Crippen LogP contribution in [0.25, 0.3) is 0 Å². The molecular formula is C8H12N2O3. The van der Waals surface area contributed by atoms with Gasteiger partial charge in [0.15, 0.2) is 0 Å². The lowest BCUT2D eigenvalue weighted by atomic mass is 10.3. The van der Waals surface area contributed by atoms with Gasteiger partial charge in [0, 0.05) is 13.2 Å². The number of carbonyl (C=O) groups is 2. The molecule has 0 aromatic rings. The Labute approximate surface area is 75.8 Å². The Morgan fingerprint density at radius 3 is 2.38 bits per heavy atom. The predicted octanol–water partition coefficient (Wildman–Crippen LogP) is -1.43. The summed E-state index contributed by atoms with van der Waals surface area (Å²) in [4.78, 5) is 24.1. The zero-order valence-electron chi connectivity index (χ0n) is 7.40. The van der Waals surface area contributed by atoms with E-state index in [9.17, 15) is 9.59 Å². The minimum absolute atomic E-state index is 0.125. The van der Waals surface area contributed by atoms with Crippen molar-refractivity contribution in [2.24, 2.45) is 17.6 Å². The highest BCUT2D eigenvalue weighted by Gasteiger charge is 2.65. The van der Waals surface area contributed by atoms with E-state index in [1.54, 1.807) is 0 Å². The monoisotopic (exact) mass is 184 g/mol. The van der Waals surface area contributed by atoms with E-state index in [1.807, 2.05) is 0 Å². The standard InChI is InChI=1S/C8H12N2O3/c1-13-3-2-10-7(11)4-5(6(4)9)8(10)12/h4-6H,2-3,9H2,1H3. The van der Waals surface area contributed by atoms with E-state index >= 15 is 0 Å². The summed E-state index contributed by atoms with van der Waals surface area (Å²) >= 11 is 0. The molecule has 72 valence electrons. The highest BCUT2D eigenvalue weighted by atomic mass is 16.5. The fourth-order valence-electron chi connectivity index (χ4n) is 1.84. The quantitative estimate of drug-likeness (QED) is 0.546. The van der Waals surface area contributed by atoms with Gasteiger partial charge in [0.25, 0.3) is 0 Å². The molecule has 1 saturated carbocycles. The molecule has 2 rings (SSSR count). The van der Waals surface area contributed by atoms with Gasteiger partial charge in [0.05, 0.1) is 25.0 Å². The van der Waals surface area contributed by atoms with Crippen molar-refractivity contribution in [1.29, 1.82) is 0 Å². The van der Waals surface area contributed by atoms with Gasteiger partial charge >= 0.3 is 0 Å². The highest BCUT2D eigenvalue weighted by molar-refractivity contribution is 6.10. The molecule has 2 amide bonds. The normalized spacial score (nSPS) is 36.8. The summed E-state index contributed by atoms with van der Waals surface area (Å²) in [6.45, 7) is 0.750. The van der Waals surface area contributed by atoms with Crippen molar-refractivity contribution in [1.82, 2.24) is 4.90 Å². The van der Waals surface area contributed by atoms with Crippen molar-refractivity contribution in [2.75, 3.05) is 20.3 Å². The lowest BCUT2D eigenvalue weighted by Gasteiger charge is -2.16. The smallest absolute Gasteiger partial charge is 0.234 e. The number of methoxy groups -OCH3 is 1. The Morgan fingerprint density at radius 2 is 1.92 bits per heavy atom. The maximum atomic E-state index is 11.4. The van der Waals surface area contributed by atoms with Gasteiger partial charge in [-0.05, 0) is 0 Å². The first kappa shape index (κ1) is 8.65. The number of ether oxygens (including phenoxy) is 1. The van der Waals surface area contributed by atoms with Crippen LogP contribution in [-0.4, -0.2) is 43.0 Å². The first-order chi connectivity index (χ1) is 6.18. The second-order valence-corrected chi connectivity index (χ2v) is 3.45. The highest BCUT2D eigenvalue weighted by Crippen LogP contribution is 2.45. The minimum atomic E-state index is -0.232. The molecule has 2 N–H and O–H groups in total. The van der Waals surface area contributed by atoms with Crippen LogP contribution in [0.15, 0.2) is 0 Å². The van der Waals surface area contributed by atoms with Crippen LogP contribution in [0.5, 0.6) is 0 Å². The van der Waals surface area contributed by atoms with E-state index in [-0.39, 0.29) is 29.7 Å². The van der Waals surface area contributed by atoms with E-state index in [1.165, 1.54) is 12.0 Å². The number of nitrogens with two attached hydrogens (primary N) is 1. The van der Waals surface area contributed by atoms with Crippen LogP contribution in [0, 0.1) is 11.8 Å². The second kappa shape index (κ2) is 2.78.